The number of piperazine rings is 1. The molecule has 6 nitrogen and oxygen atoms in total. The van der Waals surface area contributed by atoms with Crippen molar-refractivity contribution in [1.29, 1.82) is 0 Å². The van der Waals surface area contributed by atoms with Crippen molar-refractivity contribution in [3.05, 3.63) is 54.6 Å². The molecule has 2 aromatic rings. The number of rotatable bonds is 7. The number of cyclic esters (lactones) is 1. The quantitative estimate of drug-likeness (QED) is 0.478. The standard InChI is InChI=1S/C26H34N2O2.C2HF3O2/c1-3-26(4-2)20-22(30-25(26)29)14-15-27-16-18-28(19-17-27)24-13-9-8-12-23(24)21-10-6-5-7-11-21;3-2(4,5)1(6)7/h5-13,22H,3-4,14-20H2,1-2H3;(H,6,7). The maximum absolute atomic E-state index is 12.3. The first kappa shape index (κ1) is 28.5. The van der Waals surface area contributed by atoms with E-state index in [9.17, 15) is 18.0 Å². The monoisotopic (exact) mass is 520 g/mol. The zero-order valence-electron chi connectivity index (χ0n) is 21.3. The second kappa shape index (κ2) is 12.4. The number of anilines is 1. The number of benzene rings is 2. The van der Waals surface area contributed by atoms with Crippen molar-refractivity contribution in [2.75, 3.05) is 37.6 Å². The smallest absolute Gasteiger partial charge is 0.475 e. The number of hydrogen-bond acceptors (Lipinski definition) is 5. The van der Waals surface area contributed by atoms with E-state index >= 15 is 0 Å². The van der Waals surface area contributed by atoms with Crippen molar-refractivity contribution in [1.82, 2.24) is 4.90 Å². The number of carbonyl (C=O) groups excluding carboxylic acids is 1. The highest BCUT2D eigenvalue weighted by atomic mass is 19.4. The lowest BCUT2D eigenvalue weighted by atomic mass is 9.79. The molecule has 1 atom stereocenters. The zero-order chi connectivity index (χ0) is 27.1. The second-order valence-electron chi connectivity index (χ2n) is 9.52. The van der Waals surface area contributed by atoms with Gasteiger partial charge in [0.15, 0.2) is 0 Å². The average molecular weight is 521 g/mol. The van der Waals surface area contributed by atoms with Crippen LogP contribution in [0, 0.1) is 5.41 Å². The van der Waals surface area contributed by atoms with Crippen molar-refractivity contribution >= 4 is 17.6 Å². The van der Waals surface area contributed by atoms with Crippen molar-refractivity contribution in [2.24, 2.45) is 5.41 Å². The first-order valence-electron chi connectivity index (χ1n) is 12.7. The van der Waals surface area contributed by atoms with Gasteiger partial charge in [-0.1, -0.05) is 62.4 Å². The highest BCUT2D eigenvalue weighted by Gasteiger charge is 2.46. The summed E-state index contributed by atoms with van der Waals surface area (Å²) in [6.45, 7) is 9.40. The molecule has 0 radical (unpaired) electrons. The molecule has 9 heteroatoms. The number of aliphatic carboxylic acids is 1. The first-order chi connectivity index (χ1) is 17.6. The minimum absolute atomic E-state index is 0.0276. The fourth-order valence-electron chi connectivity index (χ4n) is 4.98. The van der Waals surface area contributed by atoms with Gasteiger partial charge in [0.2, 0.25) is 0 Å². The van der Waals surface area contributed by atoms with E-state index in [0.29, 0.717) is 0 Å². The summed E-state index contributed by atoms with van der Waals surface area (Å²) in [6, 6.07) is 19.4. The van der Waals surface area contributed by atoms with Gasteiger partial charge in [-0.2, -0.15) is 13.2 Å². The number of esters is 1. The van der Waals surface area contributed by atoms with Crippen LogP contribution in [-0.4, -0.2) is 66.9 Å². The Hall–Kier alpha value is -3.07. The Morgan fingerprint density at radius 2 is 1.57 bits per heavy atom. The van der Waals surface area contributed by atoms with Crippen LogP contribution in [0.15, 0.2) is 54.6 Å². The summed E-state index contributed by atoms with van der Waals surface area (Å²) in [5.74, 6) is -2.73. The van der Waals surface area contributed by atoms with Crippen molar-refractivity contribution < 1.29 is 32.6 Å². The van der Waals surface area contributed by atoms with Gasteiger partial charge in [-0.05, 0) is 30.9 Å². The Balaban J connectivity index is 0.000000479. The molecule has 202 valence electrons. The highest BCUT2D eigenvalue weighted by Crippen LogP contribution is 2.41. The van der Waals surface area contributed by atoms with Gasteiger partial charge in [0.05, 0.1) is 5.41 Å². The normalized spacial score (nSPS) is 19.6. The van der Waals surface area contributed by atoms with Crippen LogP contribution in [0.1, 0.15) is 39.5 Å². The molecule has 0 saturated carbocycles. The van der Waals surface area contributed by atoms with Crippen LogP contribution in [0.2, 0.25) is 0 Å². The van der Waals surface area contributed by atoms with E-state index in [4.69, 9.17) is 14.6 Å². The predicted molar refractivity (Wildman–Crippen MR) is 136 cm³/mol. The SMILES string of the molecule is CCC1(CC)CC(CCN2CCN(c3ccccc3-c3ccccc3)CC2)OC1=O.O=C(O)C(F)(F)F. The summed E-state index contributed by atoms with van der Waals surface area (Å²) in [4.78, 5) is 26.3. The number of carboxylic acid groups (broad SMARTS) is 1. The summed E-state index contributed by atoms with van der Waals surface area (Å²) < 4.78 is 37.5. The molecule has 2 heterocycles. The Labute approximate surface area is 216 Å². The molecule has 1 N–H and O–H groups in total. The summed E-state index contributed by atoms with van der Waals surface area (Å²) in [7, 11) is 0. The molecular weight excluding hydrogens is 485 g/mol. The van der Waals surface area contributed by atoms with E-state index in [-0.39, 0.29) is 17.5 Å². The first-order valence-corrected chi connectivity index (χ1v) is 12.7. The van der Waals surface area contributed by atoms with Crippen LogP contribution < -0.4 is 4.90 Å². The molecule has 2 aliphatic heterocycles. The van der Waals surface area contributed by atoms with E-state index < -0.39 is 12.1 Å². The number of hydrogen-bond donors (Lipinski definition) is 1. The molecule has 2 aliphatic rings. The summed E-state index contributed by atoms with van der Waals surface area (Å²) in [5, 5.41) is 7.12. The summed E-state index contributed by atoms with van der Waals surface area (Å²) in [5.41, 5.74) is 3.67. The molecule has 2 fully saturated rings. The molecule has 0 amide bonds. The van der Waals surface area contributed by atoms with Gasteiger partial charge in [-0.3, -0.25) is 9.69 Å². The fourth-order valence-corrected chi connectivity index (χ4v) is 4.98. The molecule has 2 aromatic carbocycles. The Morgan fingerprint density at radius 3 is 2.11 bits per heavy atom. The maximum Gasteiger partial charge on any atom is 0.490 e. The Kier molecular flexibility index (Phi) is 9.59. The van der Waals surface area contributed by atoms with Crippen LogP contribution in [-0.2, 0) is 14.3 Å². The lowest BCUT2D eigenvalue weighted by molar-refractivity contribution is -0.192. The fraction of sp³-hybridized carbons (Fsp3) is 0.500. The topological polar surface area (TPSA) is 70.1 Å². The van der Waals surface area contributed by atoms with Gasteiger partial charge in [0, 0.05) is 50.4 Å². The highest BCUT2D eigenvalue weighted by molar-refractivity contribution is 5.79. The van der Waals surface area contributed by atoms with Crippen molar-refractivity contribution in [3.63, 3.8) is 0 Å². The van der Waals surface area contributed by atoms with Gasteiger partial charge < -0.3 is 14.7 Å². The lowest BCUT2D eigenvalue weighted by Crippen LogP contribution is -2.47. The van der Waals surface area contributed by atoms with Gasteiger partial charge >= 0.3 is 18.1 Å². The van der Waals surface area contributed by atoms with Crippen LogP contribution in [0.5, 0.6) is 0 Å². The number of para-hydroxylation sites is 1. The summed E-state index contributed by atoms with van der Waals surface area (Å²) >= 11 is 0. The zero-order valence-corrected chi connectivity index (χ0v) is 21.3. The molecule has 37 heavy (non-hydrogen) atoms. The molecule has 0 aromatic heterocycles. The van der Waals surface area contributed by atoms with Crippen molar-refractivity contribution in [3.8, 4) is 11.1 Å². The van der Waals surface area contributed by atoms with Crippen LogP contribution >= 0.6 is 0 Å². The van der Waals surface area contributed by atoms with Gasteiger partial charge in [-0.25, -0.2) is 4.79 Å². The third-order valence-electron chi connectivity index (χ3n) is 7.39. The molecule has 0 aliphatic carbocycles. The van der Waals surface area contributed by atoms with Crippen LogP contribution in [0.25, 0.3) is 11.1 Å². The molecular formula is C28H35F3N2O4. The largest absolute Gasteiger partial charge is 0.490 e. The molecule has 4 rings (SSSR count). The number of ether oxygens (including phenoxy) is 1. The second-order valence-corrected chi connectivity index (χ2v) is 9.52. The van der Waals surface area contributed by atoms with Gasteiger partial charge in [0.25, 0.3) is 0 Å². The predicted octanol–water partition coefficient (Wildman–Crippen LogP) is 5.62. The summed E-state index contributed by atoms with van der Waals surface area (Å²) in [6.07, 6.45) is -1.37. The Bertz CT molecular complexity index is 1030. The van der Waals surface area contributed by atoms with E-state index in [0.717, 1.165) is 58.4 Å². The molecule has 0 spiro atoms. The van der Waals surface area contributed by atoms with E-state index in [2.05, 4.69) is 78.2 Å². The van der Waals surface area contributed by atoms with Crippen LogP contribution in [0.4, 0.5) is 18.9 Å². The maximum atomic E-state index is 12.3. The minimum atomic E-state index is -5.08. The van der Waals surface area contributed by atoms with Gasteiger partial charge in [0.1, 0.15) is 6.10 Å². The number of halogens is 3. The van der Waals surface area contributed by atoms with Crippen LogP contribution in [0.3, 0.4) is 0 Å². The number of alkyl halides is 3. The Morgan fingerprint density at radius 1 is 1.00 bits per heavy atom. The van der Waals surface area contributed by atoms with E-state index in [1.54, 1.807) is 0 Å². The average Bonchev–Trinajstić information content (AvgIpc) is 3.23. The number of carboxylic acids is 1. The van der Waals surface area contributed by atoms with E-state index in [1.165, 1.54) is 16.8 Å². The third-order valence-corrected chi connectivity index (χ3v) is 7.39. The number of carbonyl (C=O) groups is 2. The van der Waals surface area contributed by atoms with E-state index in [1.807, 2.05) is 0 Å². The molecule has 1 unspecified atom stereocenters. The molecule has 0 bridgehead atoms. The third kappa shape index (κ3) is 7.25. The minimum Gasteiger partial charge on any atom is -0.475 e. The van der Waals surface area contributed by atoms with Gasteiger partial charge in [-0.15, -0.1) is 0 Å². The van der Waals surface area contributed by atoms with Crippen molar-refractivity contribution in [2.45, 2.75) is 51.8 Å². The molecule has 2 saturated heterocycles. The number of nitrogens with zero attached hydrogens (tertiary/aromatic N) is 2. The lowest BCUT2D eigenvalue weighted by Gasteiger charge is -2.37.